The van der Waals surface area contributed by atoms with E-state index in [1.54, 1.807) is 36.3 Å². The molecular weight excluding hydrogens is 388 g/mol. The molecule has 0 amide bonds. The summed E-state index contributed by atoms with van der Waals surface area (Å²) in [7, 11) is 1.64. The van der Waals surface area contributed by atoms with E-state index in [4.69, 9.17) is 9.84 Å². The third-order valence-electron chi connectivity index (χ3n) is 4.96. The maximum atomic E-state index is 12.7. The highest BCUT2D eigenvalue weighted by Crippen LogP contribution is 2.27. The van der Waals surface area contributed by atoms with Gasteiger partial charge in [0.1, 0.15) is 5.75 Å². The molecule has 0 unspecified atom stereocenters. The number of hydrogen-bond acceptors (Lipinski definition) is 4. The second-order valence-corrected chi connectivity index (χ2v) is 7.44. The topological polar surface area (TPSA) is 61.9 Å². The van der Waals surface area contributed by atoms with Crippen molar-refractivity contribution in [2.24, 2.45) is 0 Å². The lowest BCUT2D eigenvalue weighted by Crippen LogP contribution is -2.00. The van der Waals surface area contributed by atoms with Crippen molar-refractivity contribution in [3.05, 3.63) is 90.4 Å². The Morgan fingerprint density at radius 1 is 1.03 bits per heavy atom. The fraction of sp³-hybridized carbons (Fsp3) is 0.160. The molecule has 6 nitrogen and oxygen atoms in total. The van der Waals surface area contributed by atoms with E-state index in [1.165, 1.54) is 0 Å². The Morgan fingerprint density at radius 2 is 1.77 bits per heavy atom. The van der Waals surface area contributed by atoms with Crippen molar-refractivity contribution < 1.29 is 9.53 Å². The van der Waals surface area contributed by atoms with Crippen molar-refractivity contribution >= 4 is 11.9 Å². The molecule has 0 spiro atoms. The zero-order chi connectivity index (χ0) is 21.8. The molecule has 2 heterocycles. The summed E-state index contributed by atoms with van der Waals surface area (Å²) in [5.41, 5.74) is 4.08. The Labute approximate surface area is 181 Å². The normalized spacial score (nSPS) is 11.4. The molecule has 31 heavy (non-hydrogen) atoms. The van der Waals surface area contributed by atoms with Gasteiger partial charge in [0.05, 0.1) is 30.3 Å². The summed E-state index contributed by atoms with van der Waals surface area (Å²) in [5.74, 6) is 0.681. The summed E-state index contributed by atoms with van der Waals surface area (Å²) in [4.78, 5) is 12.7. The minimum Gasteiger partial charge on any atom is -0.497 e. The van der Waals surface area contributed by atoms with Gasteiger partial charge in [-0.2, -0.15) is 10.2 Å². The summed E-state index contributed by atoms with van der Waals surface area (Å²) in [6.45, 7) is 4.05. The number of para-hydroxylation sites is 1. The molecule has 4 rings (SSSR count). The first-order valence-corrected chi connectivity index (χ1v) is 10.1. The average molecular weight is 412 g/mol. The quantitative estimate of drug-likeness (QED) is 0.308. The van der Waals surface area contributed by atoms with E-state index < -0.39 is 0 Å². The molecule has 156 valence electrons. The highest BCUT2D eigenvalue weighted by Gasteiger charge is 2.12. The molecular formula is C25H24N4O2. The number of allylic oxidation sites excluding steroid dienone is 1. The molecule has 2 aromatic heterocycles. The Hall–Kier alpha value is -3.93. The van der Waals surface area contributed by atoms with Gasteiger partial charge in [-0.3, -0.25) is 9.48 Å². The van der Waals surface area contributed by atoms with Crippen LogP contribution in [0.5, 0.6) is 5.75 Å². The van der Waals surface area contributed by atoms with Crippen LogP contribution in [0.3, 0.4) is 0 Å². The maximum absolute atomic E-state index is 12.7. The van der Waals surface area contributed by atoms with Crippen molar-refractivity contribution in [1.82, 2.24) is 19.6 Å². The van der Waals surface area contributed by atoms with Crippen molar-refractivity contribution in [3.63, 3.8) is 0 Å². The fourth-order valence-corrected chi connectivity index (χ4v) is 3.20. The van der Waals surface area contributed by atoms with E-state index in [0.29, 0.717) is 5.56 Å². The molecule has 0 aliphatic carbocycles. The van der Waals surface area contributed by atoms with E-state index in [9.17, 15) is 4.79 Å². The Balaban J connectivity index is 1.69. The molecule has 0 bridgehead atoms. The van der Waals surface area contributed by atoms with Crippen molar-refractivity contribution in [2.45, 2.75) is 19.9 Å². The number of carbonyl (C=O) groups is 1. The van der Waals surface area contributed by atoms with Gasteiger partial charge in [0.2, 0.25) is 0 Å². The molecule has 0 saturated heterocycles. The average Bonchev–Trinajstić information content (AvgIpc) is 3.46. The van der Waals surface area contributed by atoms with Crippen molar-refractivity contribution in [2.75, 3.05) is 7.11 Å². The number of carbonyl (C=O) groups excluding carboxylic acids is 1. The molecule has 0 radical (unpaired) electrons. The first-order chi connectivity index (χ1) is 15.0. The lowest BCUT2D eigenvalue weighted by atomic mass is 10.1. The predicted octanol–water partition coefficient (Wildman–Crippen LogP) is 5.22. The molecule has 2 aromatic carbocycles. The summed E-state index contributed by atoms with van der Waals surface area (Å²) in [5, 5.41) is 9.03. The summed E-state index contributed by atoms with van der Waals surface area (Å²) in [6.07, 6.45) is 8.68. The van der Waals surface area contributed by atoms with Crippen LogP contribution in [0.2, 0.25) is 0 Å². The number of nitrogens with zero attached hydrogens (tertiary/aromatic N) is 4. The molecule has 0 saturated carbocycles. The fourth-order valence-electron chi connectivity index (χ4n) is 3.20. The number of benzene rings is 2. The molecule has 0 aliphatic rings. The molecule has 0 aliphatic heterocycles. The summed E-state index contributed by atoms with van der Waals surface area (Å²) >= 11 is 0. The number of ketones is 1. The Kier molecular flexibility index (Phi) is 5.80. The van der Waals surface area contributed by atoms with E-state index in [1.807, 2.05) is 79.3 Å². The lowest BCUT2D eigenvalue weighted by Gasteiger charge is -2.03. The van der Waals surface area contributed by atoms with Gasteiger partial charge in [-0.1, -0.05) is 18.2 Å². The number of ether oxygens (including phenoxy) is 1. The second-order valence-electron chi connectivity index (χ2n) is 7.44. The minimum absolute atomic E-state index is 0.0972. The minimum atomic E-state index is -0.0972. The number of aromatic nitrogens is 4. The molecule has 6 heteroatoms. The van der Waals surface area contributed by atoms with E-state index >= 15 is 0 Å². The van der Waals surface area contributed by atoms with Crippen LogP contribution in [0.4, 0.5) is 0 Å². The van der Waals surface area contributed by atoms with Crippen LogP contribution >= 0.6 is 0 Å². The Morgan fingerprint density at radius 3 is 2.42 bits per heavy atom. The standard InChI is InChI=1S/C25H24N4O2/c1-18(2)28-17-21(15-26-28)24(30)14-11-20-16-29(22-7-5-4-6-8-22)27-25(20)19-9-12-23(31-3)13-10-19/h4-18H,1-3H3/b14-11+. The third kappa shape index (κ3) is 4.48. The first kappa shape index (κ1) is 20.3. The molecule has 0 atom stereocenters. The number of methoxy groups -OCH3 is 1. The van der Waals surface area contributed by atoms with E-state index in [2.05, 4.69) is 5.10 Å². The van der Waals surface area contributed by atoms with Gasteiger partial charge >= 0.3 is 0 Å². The number of rotatable bonds is 7. The lowest BCUT2D eigenvalue weighted by molar-refractivity contribution is 0.104. The largest absolute Gasteiger partial charge is 0.497 e. The molecule has 4 aromatic rings. The highest BCUT2D eigenvalue weighted by molar-refractivity contribution is 6.06. The monoisotopic (exact) mass is 412 g/mol. The van der Waals surface area contributed by atoms with Gasteiger partial charge in [0.15, 0.2) is 5.78 Å². The zero-order valence-corrected chi connectivity index (χ0v) is 17.8. The SMILES string of the molecule is COc1ccc(-c2nn(-c3ccccc3)cc2/C=C/C(=O)c2cnn(C(C)C)c2)cc1. The zero-order valence-electron chi connectivity index (χ0n) is 17.8. The Bertz CT molecular complexity index is 1200. The van der Waals surface area contributed by atoms with Crippen LogP contribution in [0.1, 0.15) is 35.8 Å². The van der Waals surface area contributed by atoms with Crippen LogP contribution < -0.4 is 4.74 Å². The summed E-state index contributed by atoms with van der Waals surface area (Å²) in [6, 6.07) is 17.8. The van der Waals surface area contributed by atoms with E-state index in [-0.39, 0.29) is 11.8 Å². The van der Waals surface area contributed by atoms with E-state index in [0.717, 1.165) is 28.3 Å². The first-order valence-electron chi connectivity index (χ1n) is 10.1. The smallest absolute Gasteiger partial charge is 0.189 e. The third-order valence-corrected chi connectivity index (χ3v) is 4.96. The molecule has 0 fully saturated rings. The van der Waals surface area contributed by atoms with Crippen LogP contribution in [0.25, 0.3) is 23.0 Å². The van der Waals surface area contributed by atoms with Crippen LogP contribution in [0, 0.1) is 0 Å². The van der Waals surface area contributed by atoms with Gasteiger partial charge < -0.3 is 4.74 Å². The van der Waals surface area contributed by atoms with Crippen LogP contribution in [-0.2, 0) is 0 Å². The van der Waals surface area contributed by atoms with Crippen LogP contribution in [-0.4, -0.2) is 32.5 Å². The van der Waals surface area contributed by atoms with Gasteiger partial charge in [-0.05, 0) is 62.4 Å². The van der Waals surface area contributed by atoms with Gasteiger partial charge in [0.25, 0.3) is 0 Å². The van der Waals surface area contributed by atoms with Crippen molar-refractivity contribution in [3.8, 4) is 22.7 Å². The van der Waals surface area contributed by atoms with Gasteiger partial charge in [-0.25, -0.2) is 4.68 Å². The molecule has 0 N–H and O–H groups in total. The van der Waals surface area contributed by atoms with Gasteiger partial charge in [0, 0.05) is 29.6 Å². The highest BCUT2D eigenvalue weighted by atomic mass is 16.5. The predicted molar refractivity (Wildman–Crippen MR) is 122 cm³/mol. The van der Waals surface area contributed by atoms with Crippen molar-refractivity contribution in [1.29, 1.82) is 0 Å². The summed E-state index contributed by atoms with van der Waals surface area (Å²) < 4.78 is 8.86. The van der Waals surface area contributed by atoms with Crippen LogP contribution in [0.15, 0.2) is 79.3 Å². The maximum Gasteiger partial charge on any atom is 0.189 e. The number of hydrogen-bond donors (Lipinski definition) is 0. The van der Waals surface area contributed by atoms with Gasteiger partial charge in [-0.15, -0.1) is 0 Å². The second kappa shape index (κ2) is 8.83.